The Hall–Kier alpha value is -1.09. The number of carbonyl (C=O) groups is 1. The lowest BCUT2D eigenvalue weighted by Gasteiger charge is -2.21. The predicted molar refractivity (Wildman–Crippen MR) is 66.6 cm³/mol. The summed E-state index contributed by atoms with van der Waals surface area (Å²) < 4.78 is 12.8. The molecule has 4 heteroatoms. The van der Waals surface area contributed by atoms with E-state index >= 15 is 0 Å². The van der Waals surface area contributed by atoms with Crippen molar-refractivity contribution in [1.29, 1.82) is 0 Å². The van der Waals surface area contributed by atoms with E-state index in [1.807, 2.05) is 0 Å². The molecule has 1 saturated carbocycles. The molecule has 0 aliphatic heterocycles. The molecule has 1 aliphatic rings. The van der Waals surface area contributed by atoms with Gasteiger partial charge in [-0.05, 0) is 31.0 Å². The molecular weight excluding hydrogens is 241 g/mol. The largest absolute Gasteiger partial charge is 0.325 e. The highest BCUT2D eigenvalue weighted by Crippen LogP contribution is 2.27. The number of hydrogen-bond acceptors (Lipinski definition) is 1. The van der Waals surface area contributed by atoms with Gasteiger partial charge in [-0.1, -0.05) is 30.9 Å². The molecule has 1 fully saturated rings. The Balaban J connectivity index is 2.02. The quantitative estimate of drug-likeness (QED) is 0.850. The summed E-state index contributed by atoms with van der Waals surface area (Å²) in [4.78, 5) is 11.9. The second-order valence-corrected chi connectivity index (χ2v) is 4.86. The van der Waals surface area contributed by atoms with E-state index in [-0.39, 0.29) is 16.8 Å². The Morgan fingerprint density at radius 3 is 2.65 bits per heavy atom. The lowest BCUT2D eigenvalue weighted by Crippen LogP contribution is -2.24. The molecule has 2 nitrogen and oxygen atoms in total. The highest BCUT2D eigenvalue weighted by atomic mass is 35.5. The van der Waals surface area contributed by atoms with Crippen LogP contribution in [0.25, 0.3) is 0 Å². The van der Waals surface area contributed by atoms with Crippen molar-refractivity contribution in [3.05, 3.63) is 29.0 Å². The van der Waals surface area contributed by atoms with Crippen LogP contribution in [0.5, 0.6) is 0 Å². The summed E-state index contributed by atoms with van der Waals surface area (Å²) in [6.07, 6.45) is 5.29. The van der Waals surface area contributed by atoms with Gasteiger partial charge in [0.2, 0.25) is 5.91 Å². The van der Waals surface area contributed by atoms with Crippen LogP contribution in [-0.4, -0.2) is 5.91 Å². The van der Waals surface area contributed by atoms with Crippen molar-refractivity contribution < 1.29 is 9.18 Å². The van der Waals surface area contributed by atoms with Crippen LogP contribution in [0, 0.1) is 11.7 Å². The fourth-order valence-corrected chi connectivity index (χ4v) is 2.40. The first-order chi connectivity index (χ1) is 8.16. The summed E-state index contributed by atoms with van der Waals surface area (Å²) in [7, 11) is 0. The van der Waals surface area contributed by atoms with Crippen molar-refractivity contribution in [3.63, 3.8) is 0 Å². The third kappa shape index (κ3) is 3.19. The van der Waals surface area contributed by atoms with Gasteiger partial charge in [0.05, 0.1) is 10.7 Å². The van der Waals surface area contributed by atoms with Crippen molar-refractivity contribution in [3.8, 4) is 0 Å². The van der Waals surface area contributed by atoms with Gasteiger partial charge < -0.3 is 5.32 Å². The van der Waals surface area contributed by atoms with E-state index in [1.54, 1.807) is 0 Å². The van der Waals surface area contributed by atoms with E-state index in [2.05, 4.69) is 5.32 Å². The van der Waals surface area contributed by atoms with E-state index in [0.29, 0.717) is 5.69 Å². The lowest BCUT2D eigenvalue weighted by atomic mass is 9.88. The monoisotopic (exact) mass is 255 g/mol. The first-order valence-corrected chi connectivity index (χ1v) is 6.30. The number of anilines is 1. The molecule has 0 atom stereocenters. The minimum Gasteiger partial charge on any atom is -0.325 e. The SMILES string of the molecule is O=C(Nc1ccc(F)cc1Cl)C1CCCCC1. The standard InChI is InChI=1S/C13H15ClFNO/c14-11-8-10(15)6-7-12(11)16-13(17)9-4-2-1-3-5-9/h6-9H,1-5H2,(H,16,17). The molecule has 0 radical (unpaired) electrons. The number of carbonyl (C=O) groups excluding carboxylic acids is 1. The number of benzene rings is 1. The minimum absolute atomic E-state index is 0.00166. The zero-order valence-electron chi connectivity index (χ0n) is 9.51. The molecule has 0 aromatic heterocycles. The van der Waals surface area contributed by atoms with Crippen LogP contribution < -0.4 is 5.32 Å². The Kier molecular flexibility index (Phi) is 4.00. The zero-order chi connectivity index (χ0) is 12.3. The summed E-state index contributed by atoms with van der Waals surface area (Å²) in [6.45, 7) is 0. The molecular formula is C13H15ClFNO. The van der Waals surface area contributed by atoms with E-state index in [1.165, 1.54) is 24.6 Å². The van der Waals surface area contributed by atoms with Gasteiger partial charge in [0.25, 0.3) is 0 Å². The maximum Gasteiger partial charge on any atom is 0.227 e. The van der Waals surface area contributed by atoms with Crippen molar-refractivity contribution in [2.75, 3.05) is 5.32 Å². The van der Waals surface area contributed by atoms with Crippen LogP contribution in [0.3, 0.4) is 0 Å². The molecule has 1 aromatic rings. The fraction of sp³-hybridized carbons (Fsp3) is 0.462. The van der Waals surface area contributed by atoms with Gasteiger partial charge in [0.15, 0.2) is 0 Å². The first kappa shape index (κ1) is 12.4. The van der Waals surface area contributed by atoms with Gasteiger partial charge in [-0.25, -0.2) is 4.39 Å². The Morgan fingerprint density at radius 1 is 1.29 bits per heavy atom. The molecule has 1 N–H and O–H groups in total. The number of hydrogen-bond donors (Lipinski definition) is 1. The van der Waals surface area contributed by atoms with E-state index in [4.69, 9.17) is 11.6 Å². The van der Waals surface area contributed by atoms with E-state index in [9.17, 15) is 9.18 Å². The molecule has 0 heterocycles. The van der Waals surface area contributed by atoms with Gasteiger partial charge in [0, 0.05) is 5.92 Å². The van der Waals surface area contributed by atoms with Gasteiger partial charge >= 0.3 is 0 Å². The third-order valence-electron chi connectivity index (χ3n) is 3.16. The van der Waals surface area contributed by atoms with Crippen LogP contribution >= 0.6 is 11.6 Å². The molecule has 0 unspecified atom stereocenters. The minimum atomic E-state index is -0.398. The van der Waals surface area contributed by atoms with Gasteiger partial charge in [0.1, 0.15) is 5.82 Å². The summed E-state index contributed by atoms with van der Waals surface area (Å²) in [5.41, 5.74) is 0.489. The Bertz CT molecular complexity index is 416. The second-order valence-electron chi connectivity index (χ2n) is 4.45. The summed E-state index contributed by atoms with van der Waals surface area (Å²) in [5.74, 6) is -0.325. The Morgan fingerprint density at radius 2 is 2.00 bits per heavy atom. The van der Waals surface area contributed by atoms with E-state index < -0.39 is 5.82 Å². The van der Waals surface area contributed by atoms with Gasteiger partial charge in [-0.2, -0.15) is 0 Å². The number of halogens is 2. The third-order valence-corrected chi connectivity index (χ3v) is 3.48. The normalized spacial score (nSPS) is 16.8. The molecule has 1 aliphatic carbocycles. The average molecular weight is 256 g/mol. The molecule has 0 saturated heterocycles. The average Bonchev–Trinajstić information content (AvgIpc) is 2.34. The molecule has 92 valence electrons. The second kappa shape index (κ2) is 5.50. The maximum atomic E-state index is 12.8. The zero-order valence-corrected chi connectivity index (χ0v) is 10.3. The number of rotatable bonds is 2. The molecule has 0 bridgehead atoms. The fourth-order valence-electron chi connectivity index (χ4n) is 2.19. The summed E-state index contributed by atoms with van der Waals surface area (Å²) >= 11 is 5.86. The van der Waals surface area contributed by atoms with Crippen molar-refractivity contribution in [2.24, 2.45) is 5.92 Å². The van der Waals surface area contributed by atoms with Crippen LogP contribution in [0.1, 0.15) is 32.1 Å². The summed E-state index contributed by atoms with van der Waals surface area (Å²) in [5, 5.41) is 3.01. The van der Waals surface area contributed by atoms with Crippen LogP contribution in [-0.2, 0) is 4.79 Å². The lowest BCUT2D eigenvalue weighted by molar-refractivity contribution is -0.120. The smallest absolute Gasteiger partial charge is 0.227 e. The Labute approximate surface area is 105 Å². The van der Waals surface area contributed by atoms with Crippen molar-refractivity contribution in [1.82, 2.24) is 0 Å². The van der Waals surface area contributed by atoms with Gasteiger partial charge in [-0.3, -0.25) is 4.79 Å². The molecule has 1 aromatic carbocycles. The van der Waals surface area contributed by atoms with Gasteiger partial charge in [-0.15, -0.1) is 0 Å². The molecule has 1 amide bonds. The number of nitrogens with one attached hydrogen (secondary N) is 1. The van der Waals surface area contributed by atoms with Crippen LogP contribution in [0.15, 0.2) is 18.2 Å². The highest BCUT2D eigenvalue weighted by Gasteiger charge is 2.21. The van der Waals surface area contributed by atoms with Crippen LogP contribution in [0.4, 0.5) is 10.1 Å². The van der Waals surface area contributed by atoms with Crippen molar-refractivity contribution >= 4 is 23.2 Å². The summed E-state index contributed by atoms with van der Waals surface area (Å²) in [6, 6.07) is 4.00. The van der Waals surface area contributed by atoms with Crippen molar-refractivity contribution in [2.45, 2.75) is 32.1 Å². The molecule has 2 rings (SSSR count). The van der Waals surface area contributed by atoms with Crippen LogP contribution in [0.2, 0.25) is 5.02 Å². The molecule has 0 spiro atoms. The van der Waals surface area contributed by atoms with E-state index in [0.717, 1.165) is 25.7 Å². The maximum absolute atomic E-state index is 12.8. The first-order valence-electron chi connectivity index (χ1n) is 5.93. The molecule has 17 heavy (non-hydrogen) atoms. The number of amides is 1. The topological polar surface area (TPSA) is 29.1 Å². The highest BCUT2D eigenvalue weighted by molar-refractivity contribution is 6.33. The predicted octanol–water partition coefficient (Wildman–Crippen LogP) is 4.00.